The number of hydrogen-bond acceptors (Lipinski definition) is 15. The summed E-state index contributed by atoms with van der Waals surface area (Å²) in [7, 11) is 0. The van der Waals surface area contributed by atoms with Crippen molar-refractivity contribution in [2.24, 2.45) is 5.73 Å². The van der Waals surface area contributed by atoms with Crippen LogP contribution < -0.4 is 32.4 Å². The van der Waals surface area contributed by atoms with E-state index in [1.54, 1.807) is 30.3 Å². The summed E-state index contributed by atoms with van der Waals surface area (Å²) >= 11 is 0. The largest absolute Gasteiger partial charge is 0.481 e. The second-order valence-electron chi connectivity index (χ2n) is 16.7. The van der Waals surface area contributed by atoms with Crippen LogP contribution in [0.3, 0.4) is 0 Å². The highest BCUT2D eigenvalue weighted by molar-refractivity contribution is 5.96. The molecule has 2 aliphatic rings. The van der Waals surface area contributed by atoms with Gasteiger partial charge in [0.25, 0.3) is 11.8 Å². The minimum atomic E-state index is -1.84. The molecule has 0 bridgehead atoms. The number of urea groups is 1. The summed E-state index contributed by atoms with van der Waals surface area (Å²) in [6.45, 7) is -1.04. The number of Topliss-reactive ketones (excluding diaryl/α,β-unsaturated/α-hetero) is 2. The number of unbranched alkanes of at least 4 members (excludes halogenated alkanes) is 2. The van der Waals surface area contributed by atoms with Gasteiger partial charge in [-0.15, -0.1) is 5.10 Å². The van der Waals surface area contributed by atoms with E-state index in [1.165, 1.54) is 10.9 Å². The molecule has 0 spiro atoms. The van der Waals surface area contributed by atoms with Gasteiger partial charge in [-0.1, -0.05) is 42.0 Å². The number of ketones is 2. The summed E-state index contributed by atoms with van der Waals surface area (Å²) in [4.78, 5) is 106. The van der Waals surface area contributed by atoms with Crippen molar-refractivity contribution in [3.63, 3.8) is 0 Å². The number of rotatable bonds is 23. The number of halogens is 1. The molecule has 68 heavy (non-hydrogen) atoms. The number of carbonyl (C=O) groups excluding carboxylic acids is 7. The standard InChI is InChI=1S/C43H62FN11O13/c44-19-8-11-26-23-54(53-51-26)24-27(56)15-17-32-36(61)37(62)38(63)39(68-32)42(66)47-20-7-6-13-29-40(64)49-28(12-4-5-14-33(45)46)31(57)16-18-34(58)48-30(21-35(59)60)41(65)52-55(43(67)50-29)22-25-9-2-1-3-10-25/h1-3,9-10,23,28-30,32,36-39,61-63H,4-8,11-22,24H2,(H3,45,46)(H,47,66)(H,48,58)(H,49,64)(H,50,67)(H,52,65)(H,59,60)/t28-,29-,30-,32+,36-,37?,38-,39?/m0/s1/i44-1. The number of aliphatic hydroxyl groups is 3. The normalized spacial score (nSPS) is 24.1. The van der Waals surface area contributed by atoms with Crippen molar-refractivity contribution in [2.45, 2.75) is 152 Å². The number of aromatic nitrogens is 3. The first kappa shape index (κ1) is 54.2. The Morgan fingerprint density at radius 1 is 0.853 bits per heavy atom. The van der Waals surface area contributed by atoms with Gasteiger partial charge in [-0.25, -0.2) is 14.5 Å². The molecule has 2 aliphatic heterocycles. The summed E-state index contributed by atoms with van der Waals surface area (Å²) in [5.74, 6) is -5.95. The van der Waals surface area contributed by atoms with E-state index in [2.05, 4.69) is 37.0 Å². The van der Waals surface area contributed by atoms with Crippen molar-refractivity contribution in [3.8, 4) is 0 Å². The Morgan fingerprint density at radius 3 is 2.28 bits per heavy atom. The smallest absolute Gasteiger partial charge is 0.337 e. The predicted octanol–water partition coefficient (Wildman–Crippen LogP) is -1.42. The number of aryl methyl sites for hydroxylation is 1. The van der Waals surface area contributed by atoms with Gasteiger partial charge in [0, 0.05) is 38.4 Å². The lowest BCUT2D eigenvalue weighted by Gasteiger charge is -2.40. The van der Waals surface area contributed by atoms with Crippen LogP contribution in [-0.4, -0.2) is 155 Å². The molecule has 12 N–H and O–H groups in total. The van der Waals surface area contributed by atoms with Gasteiger partial charge in [-0.3, -0.25) is 48.8 Å². The number of hydrogen-bond donors (Lipinski definition) is 11. The van der Waals surface area contributed by atoms with E-state index in [4.69, 9.17) is 15.9 Å². The molecule has 1 aromatic carbocycles. The summed E-state index contributed by atoms with van der Waals surface area (Å²) in [5, 5.41) is 67.6. The molecular formula is C43H62FN11O13. The van der Waals surface area contributed by atoms with Crippen LogP contribution in [0.25, 0.3) is 0 Å². The predicted molar refractivity (Wildman–Crippen MR) is 235 cm³/mol. The van der Waals surface area contributed by atoms with Gasteiger partial charge in [-0.05, 0) is 56.9 Å². The Hall–Kier alpha value is -6.44. The zero-order valence-electron chi connectivity index (χ0n) is 37.5. The molecule has 25 heteroatoms. The maximum absolute atomic E-state index is 14.0. The van der Waals surface area contributed by atoms with E-state index in [-0.39, 0.29) is 82.6 Å². The zero-order valence-corrected chi connectivity index (χ0v) is 37.5. The van der Waals surface area contributed by atoms with E-state index in [1.807, 2.05) is 0 Å². The van der Waals surface area contributed by atoms with E-state index < -0.39 is 116 Å². The summed E-state index contributed by atoms with van der Waals surface area (Å²) < 4.78 is 19.5. The molecule has 6 amide bonds. The zero-order chi connectivity index (χ0) is 49.8. The molecule has 2 aromatic rings. The summed E-state index contributed by atoms with van der Waals surface area (Å²) in [6, 6.07) is 3.16. The number of carbonyl (C=O) groups is 8. The Balaban J connectivity index is 1.44. The fraction of sp³-hybridized carbons (Fsp3) is 0.605. The number of nitrogens with two attached hydrogens (primary N) is 1. The summed E-state index contributed by atoms with van der Waals surface area (Å²) in [6.07, 6.45) is -6.76. The molecule has 2 fully saturated rings. The molecule has 0 radical (unpaired) electrons. The van der Waals surface area contributed by atoms with Crippen LogP contribution in [0.15, 0.2) is 36.5 Å². The number of aliphatic hydroxyl groups excluding tert-OH is 3. The molecule has 2 unspecified atom stereocenters. The second kappa shape index (κ2) is 27.4. The van der Waals surface area contributed by atoms with Gasteiger partial charge < -0.3 is 52.2 Å². The third-order valence-corrected chi connectivity index (χ3v) is 11.2. The van der Waals surface area contributed by atoms with Gasteiger partial charge in [0.15, 0.2) is 17.7 Å². The number of alkyl halides is 1. The molecule has 0 aliphatic carbocycles. The molecule has 4 rings (SSSR count). The first-order valence-corrected chi connectivity index (χ1v) is 22.5. The maximum atomic E-state index is 14.0. The van der Waals surface area contributed by atoms with E-state index in [0.717, 1.165) is 5.01 Å². The van der Waals surface area contributed by atoms with Crippen LogP contribution >= 0.6 is 0 Å². The number of carboxylic acids is 1. The van der Waals surface area contributed by atoms with Crippen molar-refractivity contribution in [2.75, 3.05) is 13.2 Å². The van der Waals surface area contributed by atoms with Gasteiger partial charge in [0.05, 0.1) is 43.3 Å². The fourth-order valence-corrected chi connectivity index (χ4v) is 7.48. The molecule has 374 valence electrons. The maximum Gasteiger partial charge on any atom is 0.337 e. The molecule has 8 atom stereocenters. The lowest BCUT2D eigenvalue weighted by molar-refractivity contribution is -0.221. The van der Waals surface area contributed by atoms with Gasteiger partial charge in [0.1, 0.15) is 36.9 Å². The van der Waals surface area contributed by atoms with Gasteiger partial charge in [0.2, 0.25) is 11.8 Å². The number of benzene rings is 1. The number of nitrogens with zero attached hydrogens (tertiary/aromatic N) is 4. The average molecular weight is 959 g/mol. The number of amidine groups is 1. The highest BCUT2D eigenvalue weighted by atomic mass is 18.2. The van der Waals surface area contributed by atoms with E-state index >= 15 is 0 Å². The first-order chi connectivity index (χ1) is 32.4. The van der Waals surface area contributed by atoms with Gasteiger partial charge >= 0.3 is 12.0 Å². The number of nitrogens with one attached hydrogen (secondary N) is 6. The van der Waals surface area contributed by atoms with Crippen molar-refractivity contribution in [3.05, 3.63) is 47.8 Å². The third-order valence-electron chi connectivity index (χ3n) is 11.2. The van der Waals surface area contributed by atoms with Crippen LogP contribution in [0.5, 0.6) is 0 Å². The van der Waals surface area contributed by atoms with Crippen LogP contribution in [0.4, 0.5) is 9.18 Å². The first-order valence-electron chi connectivity index (χ1n) is 22.5. The Labute approximate surface area is 390 Å². The number of hydrazine groups is 1. The van der Waals surface area contributed by atoms with Crippen molar-refractivity contribution in [1.29, 1.82) is 5.41 Å². The van der Waals surface area contributed by atoms with Crippen LogP contribution in [-0.2, 0) is 57.8 Å². The fourth-order valence-electron chi connectivity index (χ4n) is 7.48. The third kappa shape index (κ3) is 17.7. The number of amides is 6. The lowest BCUT2D eigenvalue weighted by Crippen LogP contribution is -2.61. The molecular weight excluding hydrogens is 897 g/mol. The molecule has 24 nitrogen and oxygen atoms in total. The number of aliphatic carboxylic acids is 1. The van der Waals surface area contributed by atoms with Crippen molar-refractivity contribution < 1.29 is 67.9 Å². The number of carboxylic acid groups (broad SMARTS) is 1. The average Bonchev–Trinajstić information content (AvgIpc) is 3.75. The SMILES string of the molecule is N=C(N)CCCC[C@@H]1NC(=O)[C@H](CCCCNC(=O)C2O[C@H](CCC(=O)Cn3cc(CCC[18F])nn3)[C@H](O)C(O)[C@@H]2O)NC(=O)N(Cc2ccccc2)NC(=O)[C@H](CC(=O)O)NC(=O)CCC1=O. The topological polar surface area (TPSA) is 371 Å². The van der Waals surface area contributed by atoms with E-state index in [0.29, 0.717) is 30.5 Å². The van der Waals surface area contributed by atoms with Crippen LogP contribution in [0, 0.1) is 5.41 Å². The van der Waals surface area contributed by atoms with Crippen LogP contribution in [0.2, 0.25) is 0 Å². The molecule has 3 heterocycles. The van der Waals surface area contributed by atoms with Crippen molar-refractivity contribution in [1.82, 2.24) is 46.7 Å². The molecule has 0 saturated carbocycles. The van der Waals surface area contributed by atoms with E-state index in [9.17, 15) is 63.2 Å². The van der Waals surface area contributed by atoms with Crippen molar-refractivity contribution >= 4 is 53.0 Å². The molecule has 1 aromatic heterocycles. The minimum Gasteiger partial charge on any atom is -0.481 e. The van der Waals surface area contributed by atoms with Crippen LogP contribution in [0.1, 0.15) is 94.7 Å². The summed E-state index contributed by atoms with van der Waals surface area (Å²) in [5.41, 5.74) is 8.86. The quantitative estimate of drug-likeness (QED) is 0.0346. The van der Waals surface area contributed by atoms with Gasteiger partial charge in [-0.2, -0.15) is 0 Å². The minimum absolute atomic E-state index is 0.0693. The highest BCUT2D eigenvalue weighted by Crippen LogP contribution is 2.25. The lowest BCUT2D eigenvalue weighted by atomic mass is 9.91. The number of ether oxygens (including phenoxy) is 1. The monoisotopic (exact) mass is 958 g/mol. The Kier molecular flexibility index (Phi) is 21.8. The Bertz CT molecular complexity index is 2060. The molecule has 2 saturated heterocycles. The second-order valence-corrected chi connectivity index (χ2v) is 16.7. The Morgan fingerprint density at radius 2 is 1.57 bits per heavy atom. The highest BCUT2D eigenvalue weighted by Gasteiger charge is 2.46.